The summed E-state index contributed by atoms with van der Waals surface area (Å²) in [4.78, 5) is 2.15. The second-order valence-electron chi connectivity index (χ2n) is 4.91. The molecule has 3 heteroatoms. The Balaban J connectivity index is 2.26. The van der Waals surface area contributed by atoms with Crippen molar-refractivity contribution in [1.29, 1.82) is 0 Å². The van der Waals surface area contributed by atoms with Crippen LogP contribution in [0.1, 0.15) is 5.56 Å². The number of benzene rings is 2. The SMILES string of the molecule is Cc1ccc2cc(N(C)CC(N)CN)ccc2c1. The lowest BCUT2D eigenvalue weighted by Crippen LogP contribution is -2.40. The number of fused-ring (bicyclic) bond motifs is 1. The summed E-state index contributed by atoms with van der Waals surface area (Å²) in [6.07, 6.45) is 0. The maximum atomic E-state index is 5.88. The smallest absolute Gasteiger partial charge is 0.0370 e. The molecule has 2 aromatic rings. The van der Waals surface area contributed by atoms with E-state index in [1.807, 2.05) is 7.05 Å². The molecular weight excluding hydrogens is 222 g/mol. The van der Waals surface area contributed by atoms with Crippen molar-refractivity contribution in [2.75, 3.05) is 25.0 Å². The molecule has 0 radical (unpaired) electrons. The molecule has 0 aromatic heterocycles. The minimum atomic E-state index is 0.0173. The van der Waals surface area contributed by atoms with E-state index in [1.165, 1.54) is 22.0 Å². The molecule has 0 saturated carbocycles. The zero-order valence-electron chi connectivity index (χ0n) is 11.1. The quantitative estimate of drug-likeness (QED) is 0.862. The monoisotopic (exact) mass is 243 g/mol. The number of hydrogen-bond acceptors (Lipinski definition) is 3. The topological polar surface area (TPSA) is 55.3 Å². The van der Waals surface area contributed by atoms with Crippen LogP contribution in [0.3, 0.4) is 0 Å². The first-order valence-electron chi connectivity index (χ1n) is 6.27. The largest absolute Gasteiger partial charge is 0.373 e. The van der Waals surface area contributed by atoms with Gasteiger partial charge in [-0.3, -0.25) is 0 Å². The van der Waals surface area contributed by atoms with Crippen LogP contribution in [-0.4, -0.2) is 26.2 Å². The Morgan fingerprint density at radius 3 is 2.50 bits per heavy atom. The lowest BCUT2D eigenvalue weighted by Gasteiger charge is -2.23. The van der Waals surface area contributed by atoms with Gasteiger partial charge in [-0.15, -0.1) is 0 Å². The fourth-order valence-electron chi connectivity index (χ4n) is 2.12. The van der Waals surface area contributed by atoms with Crippen LogP contribution in [0.4, 0.5) is 5.69 Å². The molecule has 0 aliphatic rings. The maximum Gasteiger partial charge on any atom is 0.0370 e. The van der Waals surface area contributed by atoms with Crippen molar-refractivity contribution < 1.29 is 0 Å². The number of nitrogens with two attached hydrogens (primary N) is 2. The number of likely N-dealkylation sites (N-methyl/N-ethyl adjacent to an activating group) is 1. The summed E-state index contributed by atoms with van der Waals surface area (Å²) in [5, 5.41) is 2.53. The van der Waals surface area contributed by atoms with Gasteiger partial charge < -0.3 is 16.4 Å². The van der Waals surface area contributed by atoms with E-state index in [0.29, 0.717) is 6.54 Å². The van der Waals surface area contributed by atoms with Crippen molar-refractivity contribution in [1.82, 2.24) is 0 Å². The fraction of sp³-hybridized carbons (Fsp3) is 0.333. The highest BCUT2D eigenvalue weighted by atomic mass is 15.1. The zero-order valence-corrected chi connectivity index (χ0v) is 11.1. The van der Waals surface area contributed by atoms with E-state index in [9.17, 15) is 0 Å². The van der Waals surface area contributed by atoms with Gasteiger partial charge in [0.2, 0.25) is 0 Å². The Morgan fingerprint density at radius 2 is 1.78 bits per heavy atom. The summed E-state index contributed by atoms with van der Waals surface area (Å²) in [6, 6.07) is 13.0. The molecule has 0 heterocycles. The van der Waals surface area contributed by atoms with Crippen molar-refractivity contribution in [3.8, 4) is 0 Å². The van der Waals surface area contributed by atoms with Gasteiger partial charge in [-0.05, 0) is 29.8 Å². The Kier molecular flexibility index (Phi) is 3.84. The third-order valence-electron chi connectivity index (χ3n) is 3.23. The number of anilines is 1. The van der Waals surface area contributed by atoms with Crippen LogP contribution in [0, 0.1) is 6.92 Å². The van der Waals surface area contributed by atoms with Crippen molar-refractivity contribution in [2.45, 2.75) is 13.0 Å². The highest BCUT2D eigenvalue weighted by Gasteiger charge is 2.06. The number of aryl methyl sites for hydroxylation is 1. The molecule has 2 aromatic carbocycles. The van der Waals surface area contributed by atoms with Crippen molar-refractivity contribution in [2.24, 2.45) is 11.5 Å². The molecule has 96 valence electrons. The Hall–Kier alpha value is -1.58. The van der Waals surface area contributed by atoms with Gasteiger partial charge in [-0.1, -0.05) is 29.8 Å². The van der Waals surface area contributed by atoms with Gasteiger partial charge >= 0.3 is 0 Å². The Labute approximate surface area is 108 Å². The standard InChI is InChI=1S/C15H21N3/c1-11-3-4-13-8-15(6-5-12(13)7-11)18(2)10-14(17)9-16/h3-8,14H,9-10,16-17H2,1-2H3. The van der Waals surface area contributed by atoms with Crippen molar-refractivity contribution >= 4 is 16.5 Å². The molecule has 0 aliphatic carbocycles. The van der Waals surface area contributed by atoms with E-state index in [2.05, 4.69) is 48.2 Å². The van der Waals surface area contributed by atoms with E-state index < -0.39 is 0 Å². The number of nitrogens with zero attached hydrogens (tertiary/aromatic N) is 1. The predicted octanol–water partition coefficient (Wildman–Crippen LogP) is 1.87. The summed E-state index contributed by atoms with van der Waals surface area (Å²) < 4.78 is 0. The fourth-order valence-corrected chi connectivity index (χ4v) is 2.12. The highest BCUT2D eigenvalue weighted by molar-refractivity contribution is 5.86. The lowest BCUT2D eigenvalue weighted by molar-refractivity contribution is 0.668. The molecule has 0 saturated heterocycles. The summed E-state index contributed by atoms with van der Waals surface area (Å²) in [7, 11) is 2.05. The lowest BCUT2D eigenvalue weighted by atomic mass is 10.1. The van der Waals surface area contributed by atoms with Crippen LogP contribution in [0.5, 0.6) is 0 Å². The summed E-state index contributed by atoms with van der Waals surface area (Å²) in [6.45, 7) is 3.39. The van der Waals surface area contributed by atoms with Crippen LogP contribution in [0.15, 0.2) is 36.4 Å². The van der Waals surface area contributed by atoms with Crippen LogP contribution < -0.4 is 16.4 Å². The molecule has 0 amide bonds. The summed E-state index contributed by atoms with van der Waals surface area (Å²) in [5.74, 6) is 0. The Morgan fingerprint density at radius 1 is 1.11 bits per heavy atom. The first-order chi connectivity index (χ1) is 8.60. The van der Waals surface area contributed by atoms with Gasteiger partial charge in [0.15, 0.2) is 0 Å². The molecule has 0 bridgehead atoms. The van der Waals surface area contributed by atoms with E-state index in [-0.39, 0.29) is 6.04 Å². The van der Waals surface area contributed by atoms with Crippen LogP contribution >= 0.6 is 0 Å². The Bertz CT molecular complexity index is 536. The average Bonchev–Trinajstić information content (AvgIpc) is 2.37. The zero-order chi connectivity index (χ0) is 13.1. The van der Waals surface area contributed by atoms with Gasteiger partial charge in [-0.2, -0.15) is 0 Å². The molecule has 1 unspecified atom stereocenters. The molecule has 2 rings (SSSR count). The molecule has 3 nitrogen and oxygen atoms in total. The van der Waals surface area contributed by atoms with Crippen LogP contribution in [-0.2, 0) is 0 Å². The highest BCUT2D eigenvalue weighted by Crippen LogP contribution is 2.22. The summed E-state index contributed by atoms with van der Waals surface area (Å²) in [5.41, 5.74) is 13.9. The summed E-state index contributed by atoms with van der Waals surface area (Å²) >= 11 is 0. The van der Waals surface area contributed by atoms with Gasteiger partial charge in [-0.25, -0.2) is 0 Å². The van der Waals surface area contributed by atoms with Crippen molar-refractivity contribution in [3.63, 3.8) is 0 Å². The van der Waals surface area contributed by atoms with Gasteiger partial charge in [0.05, 0.1) is 0 Å². The molecular formula is C15H21N3. The van der Waals surface area contributed by atoms with E-state index in [0.717, 1.165) is 6.54 Å². The minimum absolute atomic E-state index is 0.0173. The van der Waals surface area contributed by atoms with Crippen molar-refractivity contribution in [3.05, 3.63) is 42.0 Å². The normalized spacial score (nSPS) is 12.7. The second kappa shape index (κ2) is 5.38. The number of hydrogen-bond donors (Lipinski definition) is 2. The second-order valence-corrected chi connectivity index (χ2v) is 4.91. The molecule has 4 N–H and O–H groups in total. The maximum absolute atomic E-state index is 5.88. The molecule has 0 aliphatic heterocycles. The number of rotatable bonds is 4. The van der Waals surface area contributed by atoms with Crippen LogP contribution in [0.25, 0.3) is 10.8 Å². The molecule has 0 spiro atoms. The third-order valence-corrected chi connectivity index (χ3v) is 3.23. The minimum Gasteiger partial charge on any atom is -0.373 e. The van der Waals surface area contributed by atoms with E-state index in [4.69, 9.17) is 11.5 Å². The molecule has 1 atom stereocenters. The van der Waals surface area contributed by atoms with E-state index in [1.54, 1.807) is 0 Å². The van der Waals surface area contributed by atoms with Gasteiger partial charge in [0, 0.05) is 31.9 Å². The molecule has 0 fully saturated rings. The van der Waals surface area contributed by atoms with Gasteiger partial charge in [0.25, 0.3) is 0 Å². The third kappa shape index (κ3) is 2.81. The first-order valence-corrected chi connectivity index (χ1v) is 6.27. The molecule has 18 heavy (non-hydrogen) atoms. The average molecular weight is 243 g/mol. The first kappa shape index (κ1) is 12.9. The van der Waals surface area contributed by atoms with Crippen LogP contribution in [0.2, 0.25) is 0 Å². The van der Waals surface area contributed by atoms with Gasteiger partial charge in [0.1, 0.15) is 0 Å². The predicted molar refractivity (Wildman–Crippen MR) is 79.0 cm³/mol. The van der Waals surface area contributed by atoms with E-state index >= 15 is 0 Å².